The van der Waals surface area contributed by atoms with Crippen molar-refractivity contribution in [3.05, 3.63) is 53.3 Å². The van der Waals surface area contributed by atoms with Crippen LogP contribution in [0, 0.1) is 12.3 Å². The second kappa shape index (κ2) is 6.55. The molecule has 1 aromatic heterocycles. The lowest BCUT2D eigenvalue weighted by molar-refractivity contribution is -0.123. The number of amides is 2. The highest BCUT2D eigenvalue weighted by Gasteiger charge is 2.26. The summed E-state index contributed by atoms with van der Waals surface area (Å²) in [6, 6.07) is 9.92. The van der Waals surface area contributed by atoms with E-state index < -0.39 is 17.6 Å². The molecule has 2 heterocycles. The molecule has 2 N–H and O–H groups in total. The van der Waals surface area contributed by atoms with Crippen molar-refractivity contribution in [3.63, 3.8) is 0 Å². The van der Waals surface area contributed by atoms with Crippen LogP contribution in [0.1, 0.15) is 16.1 Å². The van der Waals surface area contributed by atoms with Crippen molar-refractivity contribution < 1.29 is 18.8 Å². The third-order valence-corrected chi connectivity index (χ3v) is 3.60. The fourth-order valence-electron chi connectivity index (χ4n) is 2.23. The van der Waals surface area contributed by atoms with E-state index in [4.69, 9.17) is 23.1 Å². The standard InChI is InChI=1S/C18H10N2O4S/c1-2-14(21)10-4-3-5-11(8-10)15-7-6-12(24-15)9-13-16(22)19-18(25)20-17(13)23/h1,3-9H,(H2,19,20,22,23,25). The molecular weight excluding hydrogens is 340 g/mol. The average molecular weight is 350 g/mol. The first kappa shape index (κ1) is 16.4. The number of carbonyl (C=O) groups is 3. The Labute approximate surface area is 147 Å². The van der Waals surface area contributed by atoms with Crippen LogP contribution in [-0.4, -0.2) is 22.7 Å². The van der Waals surface area contributed by atoms with Crippen LogP contribution in [0.25, 0.3) is 17.4 Å². The summed E-state index contributed by atoms with van der Waals surface area (Å²) in [5, 5.41) is 4.64. The number of carbonyl (C=O) groups excluding carboxylic acids is 3. The van der Waals surface area contributed by atoms with Crippen LogP contribution in [-0.2, 0) is 9.59 Å². The van der Waals surface area contributed by atoms with Crippen molar-refractivity contribution in [1.82, 2.24) is 10.6 Å². The Bertz CT molecular complexity index is 973. The maximum absolute atomic E-state index is 11.8. The topological polar surface area (TPSA) is 88.4 Å². The van der Waals surface area contributed by atoms with Gasteiger partial charge < -0.3 is 4.42 Å². The van der Waals surface area contributed by atoms with Crippen LogP contribution in [0.2, 0.25) is 0 Å². The summed E-state index contributed by atoms with van der Waals surface area (Å²) in [6.07, 6.45) is 6.43. The summed E-state index contributed by atoms with van der Waals surface area (Å²) in [6.45, 7) is 0. The number of furan rings is 1. The third-order valence-electron chi connectivity index (χ3n) is 3.40. The summed E-state index contributed by atoms with van der Waals surface area (Å²) in [5.41, 5.74) is 0.895. The lowest BCUT2D eigenvalue weighted by Crippen LogP contribution is -2.51. The Kier molecular flexibility index (Phi) is 4.29. The molecule has 3 rings (SSSR count). The van der Waals surface area contributed by atoms with Crippen LogP contribution in [0.15, 0.2) is 46.4 Å². The molecule has 0 atom stereocenters. The van der Waals surface area contributed by atoms with Crippen LogP contribution in [0.3, 0.4) is 0 Å². The van der Waals surface area contributed by atoms with Crippen molar-refractivity contribution in [2.75, 3.05) is 0 Å². The maximum Gasteiger partial charge on any atom is 0.263 e. The van der Waals surface area contributed by atoms with Gasteiger partial charge in [0.05, 0.1) is 0 Å². The van der Waals surface area contributed by atoms with Crippen LogP contribution >= 0.6 is 12.2 Å². The normalized spacial score (nSPS) is 13.7. The zero-order valence-electron chi connectivity index (χ0n) is 12.7. The molecule has 1 aromatic carbocycles. The second-order valence-corrected chi connectivity index (χ2v) is 5.46. The van der Waals surface area contributed by atoms with Gasteiger partial charge in [0.2, 0.25) is 5.78 Å². The summed E-state index contributed by atoms with van der Waals surface area (Å²) in [4.78, 5) is 35.2. The van der Waals surface area contributed by atoms with Gasteiger partial charge >= 0.3 is 0 Å². The Morgan fingerprint density at radius 1 is 1.16 bits per heavy atom. The number of hydrogen-bond donors (Lipinski definition) is 2. The first-order chi connectivity index (χ1) is 12.0. The highest BCUT2D eigenvalue weighted by molar-refractivity contribution is 7.80. The Hall–Kier alpha value is -3.50. The van der Waals surface area contributed by atoms with Gasteiger partial charge in [-0.1, -0.05) is 18.2 Å². The van der Waals surface area contributed by atoms with E-state index in [0.717, 1.165) is 0 Å². The largest absolute Gasteiger partial charge is 0.457 e. The molecule has 1 fully saturated rings. The molecule has 0 unspecified atom stereocenters. The van der Waals surface area contributed by atoms with Gasteiger partial charge in [0.15, 0.2) is 5.11 Å². The van der Waals surface area contributed by atoms with Crippen LogP contribution < -0.4 is 10.6 Å². The van der Waals surface area contributed by atoms with E-state index in [1.807, 2.05) is 0 Å². The molecule has 122 valence electrons. The SMILES string of the molecule is C#CC(=O)c1cccc(-c2ccc(C=C3C(=O)NC(=S)NC3=O)o2)c1. The fraction of sp³-hybridized carbons (Fsp3) is 0. The molecule has 25 heavy (non-hydrogen) atoms. The molecule has 0 radical (unpaired) electrons. The molecule has 0 spiro atoms. The molecule has 0 aliphatic carbocycles. The van der Waals surface area contributed by atoms with Crippen molar-refractivity contribution in [1.29, 1.82) is 0 Å². The number of rotatable bonds is 3. The summed E-state index contributed by atoms with van der Waals surface area (Å²) in [7, 11) is 0. The fourth-order valence-corrected chi connectivity index (χ4v) is 2.42. The van der Waals surface area contributed by atoms with Gasteiger partial charge in [-0.3, -0.25) is 25.0 Å². The van der Waals surface area contributed by atoms with Crippen molar-refractivity contribution in [2.24, 2.45) is 0 Å². The van der Waals surface area contributed by atoms with E-state index in [2.05, 4.69) is 16.6 Å². The minimum Gasteiger partial charge on any atom is -0.457 e. The van der Waals surface area contributed by atoms with Gasteiger partial charge in [-0.25, -0.2) is 0 Å². The predicted molar refractivity (Wildman–Crippen MR) is 94.2 cm³/mol. The predicted octanol–water partition coefficient (Wildman–Crippen LogP) is 1.68. The molecule has 1 aliphatic rings. The lowest BCUT2D eigenvalue weighted by Gasteiger charge is -2.15. The molecule has 2 aromatic rings. The van der Waals surface area contributed by atoms with Crippen LogP contribution in [0.4, 0.5) is 0 Å². The molecule has 0 saturated carbocycles. The maximum atomic E-state index is 11.8. The Morgan fingerprint density at radius 3 is 2.56 bits per heavy atom. The van der Waals surface area contributed by atoms with Gasteiger partial charge in [0, 0.05) is 11.1 Å². The molecular formula is C18H10N2O4S. The van der Waals surface area contributed by atoms with E-state index in [1.165, 1.54) is 6.08 Å². The first-order valence-corrected chi connectivity index (χ1v) is 7.48. The third kappa shape index (κ3) is 3.39. The molecule has 0 bridgehead atoms. The lowest BCUT2D eigenvalue weighted by atomic mass is 10.1. The van der Waals surface area contributed by atoms with Gasteiger partial charge in [-0.15, -0.1) is 6.42 Å². The quantitative estimate of drug-likeness (QED) is 0.220. The van der Waals surface area contributed by atoms with Gasteiger partial charge in [-0.2, -0.15) is 0 Å². The minimum absolute atomic E-state index is 0.0396. The van der Waals surface area contributed by atoms with Gasteiger partial charge in [-0.05, 0) is 42.4 Å². The number of benzene rings is 1. The van der Waals surface area contributed by atoms with Gasteiger partial charge in [0.25, 0.3) is 11.8 Å². The zero-order chi connectivity index (χ0) is 18.0. The summed E-state index contributed by atoms with van der Waals surface area (Å²) >= 11 is 4.73. The first-order valence-electron chi connectivity index (χ1n) is 7.07. The highest BCUT2D eigenvalue weighted by Crippen LogP contribution is 2.24. The van der Waals surface area contributed by atoms with Gasteiger partial charge in [0.1, 0.15) is 17.1 Å². The smallest absolute Gasteiger partial charge is 0.263 e. The molecule has 2 amide bonds. The monoisotopic (exact) mass is 350 g/mol. The minimum atomic E-state index is -0.603. The van der Waals surface area contributed by atoms with Crippen molar-refractivity contribution in [3.8, 4) is 23.7 Å². The van der Waals surface area contributed by atoms with E-state index >= 15 is 0 Å². The number of Topliss-reactive ketones (excluding diaryl/α,β-unsaturated/α-hetero) is 1. The second-order valence-electron chi connectivity index (χ2n) is 5.05. The number of terminal acetylenes is 1. The summed E-state index contributed by atoms with van der Waals surface area (Å²) in [5.74, 6) is 1.19. The molecule has 7 heteroatoms. The molecule has 6 nitrogen and oxygen atoms in total. The average Bonchev–Trinajstić information content (AvgIpc) is 3.06. The van der Waals surface area contributed by atoms with E-state index in [9.17, 15) is 14.4 Å². The van der Waals surface area contributed by atoms with E-state index in [1.54, 1.807) is 36.4 Å². The number of thiocarbonyl (C=S) groups is 1. The number of hydrogen-bond acceptors (Lipinski definition) is 5. The van der Waals surface area contributed by atoms with E-state index in [-0.39, 0.29) is 10.7 Å². The number of nitrogens with one attached hydrogen (secondary N) is 2. The zero-order valence-corrected chi connectivity index (χ0v) is 13.5. The Morgan fingerprint density at radius 2 is 1.88 bits per heavy atom. The number of ketones is 1. The summed E-state index contributed by atoms with van der Waals surface area (Å²) < 4.78 is 5.63. The van der Waals surface area contributed by atoms with Crippen molar-refractivity contribution in [2.45, 2.75) is 0 Å². The van der Waals surface area contributed by atoms with Crippen molar-refractivity contribution >= 4 is 41.0 Å². The van der Waals surface area contributed by atoms with Crippen LogP contribution in [0.5, 0.6) is 0 Å². The molecule has 1 aliphatic heterocycles. The Balaban J connectivity index is 1.91. The molecule has 1 saturated heterocycles. The highest BCUT2D eigenvalue weighted by atomic mass is 32.1. The van der Waals surface area contributed by atoms with E-state index in [0.29, 0.717) is 22.6 Å².